The van der Waals surface area contributed by atoms with E-state index in [4.69, 9.17) is 4.42 Å². The Bertz CT molecular complexity index is 518. The van der Waals surface area contributed by atoms with Crippen molar-refractivity contribution in [3.05, 3.63) is 23.7 Å². The van der Waals surface area contributed by atoms with Crippen molar-refractivity contribution in [3.63, 3.8) is 0 Å². The van der Waals surface area contributed by atoms with E-state index >= 15 is 0 Å². The number of hydrogen-bond donors (Lipinski definition) is 3. The van der Waals surface area contributed by atoms with E-state index < -0.39 is 0 Å². The van der Waals surface area contributed by atoms with Crippen molar-refractivity contribution in [2.75, 3.05) is 19.6 Å². The van der Waals surface area contributed by atoms with E-state index in [0.29, 0.717) is 31.3 Å². The summed E-state index contributed by atoms with van der Waals surface area (Å²) in [5.74, 6) is 0.381. The average molecular weight is 344 g/mol. The fraction of sp³-hybridized carbons (Fsp3) is 0.625. The van der Waals surface area contributed by atoms with Gasteiger partial charge in [0.15, 0.2) is 5.76 Å². The minimum Gasteiger partial charge on any atom is -0.459 e. The molecular weight excluding hydrogens is 318 g/mol. The molecule has 1 aliphatic heterocycles. The molecule has 2 rings (SSSR count). The summed E-state index contributed by atoms with van der Waals surface area (Å²) in [4.78, 5) is 23.8. The predicted molar refractivity (Wildman–Crippen MR) is 90.8 cm³/mol. The Morgan fingerprint density at radius 1 is 1.35 bits per heavy atom. The normalized spacial score (nSPS) is 20.4. The third-order valence-electron chi connectivity index (χ3n) is 4.00. The number of rotatable bonds is 6. The second-order valence-corrected chi connectivity index (χ2v) is 5.91. The Hall–Kier alpha value is -1.53. The molecule has 1 aromatic heterocycles. The Morgan fingerprint density at radius 3 is 2.74 bits per heavy atom. The SMILES string of the molecule is Cc1ccoc1C(=O)NCCCNC(=O)[C@H]1CCN[C@@H](C)C1.Cl. The van der Waals surface area contributed by atoms with Crippen LogP contribution in [0.15, 0.2) is 16.7 Å². The van der Waals surface area contributed by atoms with Gasteiger partial charge < -0.3 is 20.4 Å². The summed E-state index contributed by atoms with van der Waals surface area (Å²) in [7, 11) is 0. The lowest BCUT2D eigenvalue weighted by Crippen LogP contribution is -2.42. The van der Waals surface area contributed by atoms with Gasteiger partial charge in [-0.25, -0.2) is 0 Å². The molecular formula is C16H26ClN3O3. The molecule has 0 aliphatic carbocycles. The standard InChI is InChI=1S/C16H25N3O3.ClH/c1-11-5-9-22-14(11)16(21)19-7-3-6-18-15(20)13-4-8-17-12(2)10-13;/h5,9,12-13,17H,3-4,6-8,10H2,1-2H3,(H,18,20)(H,19,21);1H/t12-,13-;/m0./s1. The third kappa shape index (κ3) is 5.88. The molecule has 1 fully saturated rings. The van der Waals surface area contributed by atoms with Crippen LogP contribution in [0.3, 0.4) is 0 Å². The summed E-state index contributed by atoms with van der Waals surface area (Å²) >= 11 is 0. The van der Waals surface area contributed by atoms with E-state index in [2.05, 4.69) is 22.9 Å². The first kappa shape index (κ1) is 19.5. The lowest BCUT2D eigenvalue weighted by molar-refractivity contribution is -0.126. The van der Waals surface area contributed by atoms with Crippen LogP contribution in [0.4, 0.5) is 0 Å². The van der Waals surface area contributed by atoms with Gasteiger partial charge in [0.1, 0.15) is 0 Å². The summed E-state index contributed by atoms with van der Waals surface area (Å²) in [5, 5.41) is 9.08. The molecule has 0 spiro atoms. The molecule has 130 valence electrons. The molecule has 6 nitrogen and oxygen atoms in total. The maximum Gasteiger partial charge on any atom is 0.287 e. The molecule has 1 aromatic rings. The molecule has 0 radical (unpaired) electrons. The molecule has 1 aliphatic rings. The highest BCUT2D eigenvalue weighted by Crippen LogP contribution is 2.15. The fourth-order valence-electron chi connectivity index (χ4n) is 2.70. The number of nitrogens with one attached hydrogen (secondary N) is 3. The second-order valence-electron chi connectivity index (χ2n) is 5.91. The molecule has 0 saturated carbocycles. The Kier molecular flexibility index (Phi) is 8.12. The second kappa shape index (κ2) is 9.57. The van der Waals surface area contributed by atoms with E-state index in [1.54, 1.807) is 6.07 Å². The molecule has 1 saturated heterocycles. The smallest absolute Gasteiger partial charge is 0.287 e. The number of carbonyl (C=O) groups excluding carboxylic acids is 2. The highest BCUT2D eigenvalue weighted by Gasteiger charge is 2.24. The maximum atomic E-state index is 12.0. The summed E-state index contributed by atoms with van der Waals surface area (Å²) in [6, 6.07) is 2.16. The lowest BCUT2D eigenvalue weighted by Gasteiger charge is -2.27. The molecule has 0 unspecified atom stereocenters. The average Bonchev–Trinajstić information content (AvgIpc) is 2.92. The van der Waals surface area contributed by atoms with Gasteiger partial charge >= 0.3 is 0 Å². The van der Waals surface area contributed by atoms with Crippen LogP contribution < -0.4 is 16.0 Å². The minimum absolute atomic E-state index is 0. The number of carbonyl (C=O) groups is 2. The van der Waals surface area contributed by atoms with Crippen LogP contribution in [0.25, 0.3) is 0 Å². The van der Waals surface area contributed by atoms with Gasteiger partial charge in [0.05, 0.1) is 6.26 Å². The zero-order chi connectivity index (χ0) is 15.9. The summed E-state index contributed by atoms with van der Waals surface area (Å²) < 4.78 is 5.12. The highest BCUT2D eigenvalue weighted by atomic mass is 35.5. The molecule has 2 atom stereocenters. The first-order valence-electron chi connectivity index (χ1n) is 7.91. The molecule has 2 heterocycles. The maximum absolute atomic E-state index is 12.0. The van der Waals surface area contributed by atoms with E-state index in [-0.39, 0.29) is 30.1 Å². The lowest BCUT2D eigenvalue weighted by atomic mass is 9.92. The van der Waals surface area contributed by atoms with Crippen LogP contribution in [0.1, 0.15) is 42.3 Å². The number of halogens is 1. The van der Waals surface area contributed by atoms with E-state index in [1.807, 2.05) is 6.92 Å². The molecule has 2 amide bonds. The highest BCUT2D eigenvalue weighted by molar-refractivity contribution is 5.92. The van der Waals surface area contributed by atoms with Gasteiger partial charge in [0.2, 0.25) is 5.91 Å². The van der Waals surface area contributed by atoms with E-state index in [1.165, 1.54) is 6.26 Å². The van der Waals surface area contributed by atoms with E-state index in [0.717, 1.165) is 24.9 Å². The van der Waals surface area contributed by atoms with Crippen LogP contribution >= 0.6 is 12.4 Å². The molecule has 3 N–H and O–H groups in total. The quantitative estimate of drug-likeness (QED) is 0.686. The van der Waals surface area contributed by atoms with Gasteiger partial charge in [0.25, 0.3) is 5.91 Å². The van der Waals surface area contributed by atoms with Gasteiger partial charge in [0, 0.05) is 30.6 Å². The van der Waals surface area contributed by atoms with Crippen LogP contribution in [0, 0.1) is 12.8 Å². The van der Waals surface area contributed by atoms with Crippen molar-refractivity contribution in [2.45, 2.75) is 39.2 Å². The molecule has 0 bridgehead atoms. The van der Waals surface area contributed by atoms with Crippen LogP contribution in [0.5, 0.6) is 0 Å². The van der Waals surface area contributed by atoms with Crippen molar-refractivity contribution in [2.24, 2.45) is 5.92 Å². The summed E-state index contributed by atoms with van der Waals surface area (Å²) in [6.07, 6.45) is 3.99. The minimum atomic E-state index is -0.207. The monoisotopic (exact) mass is 343 g/mol. The number of amides is 2. The van der Waals surface area contributed by atoms with Crippen molar-refractivity contribution in [1.82, 2.24) is 16.0 Å². The summed E-state index contributed by atoms with van der Waals surface area (Å²) in [5.41, 5.74) is 0.825. The van der Waals surface area contributed by atoms with Gasteiger partial charge in [-0.3, -0.25) is 9.59 Å². The van der Waals surface area contributed by atoms with Crippen LogP contribution in [-0.4, -0.2) is 37.5 Å². The van der Waals surface area contributed by atoms with Gasteiger partial charge in [-0.2, -0.15) is 0 Å². The molecule has 23 heavy (non-hydrogen) atoms. The van der Waals surface area contributed by atoms with E-state index in [9.17, 15) is 9.59 Å². The number of aryl methyl sites for hydroxylation is 1. The largest absolute Gasteiger partial charge is 0.459 e. The Morgan fingerprint density at radius 2 is 2.09 bits per heavy atom. The first-order chi connectivity index (χ1) is 10.6. The Balaban J connectivity index is 0.00000264. The van der Waals surface area contributed by atoms with Crippen LogP contribution in [-0.2, 0) is 4.79 Å². The van der Waals surface area contributed by atoms with Crippen molar-refractivity contribution >= 4 is 24.2 Å². The van der Waals surface area contributed by atoms with Crippen LogP contribution in [0.2, 0.25) is 0 Å². The van der Waals surface area contributed by atoms with Gasteiger partial charge in [-0.1, -0.05) is 0 Å². The number of hydrogen-bond acceptors (Lipinski definition) is 4. The first-order valence-corrected chi connectivity index (χ1v) is 7.91. The van der Waals surface area contributed by atoms with Crippen molar-refractivity contribution in [3.8, 4) is 0 Å². The predicted octanol–water partition coefficient (Wildman–Crippen LogP) is 1.63. The van der Waals surface area contributed by atoms with Crippen molar-refractivity contribution < 1.29 is 14.0 Å². The third-order valence-corrected chi connectivity index (χ3v) is 4.00. The number of piperidine rings is 1. The number of furan rings is 1. The topological polar surface area (TPSA) is 83.4 Å². The van der Waals surface area contributed by atoms with Crippen molar-refractivity contribution in [1.29, 1.82) is 0 Å². The fourth-order valence-corrected chi connectivity index (χ4v) is 2.70. The molecule has 0 aromatic carbocycles. The van der Waals surface area contributed by atoms with Gasteiger partial charge in [-0.15, -0.1) is 12.4 Å². The Labute approximate surface area is 143 Å². The zero-order valence-corrected chi connectivity index (χ0v) is 14.5. The molecule has 7 heteroatoms. The summed E-state index contributed by atoms with van der Waals surface area (Å²) in [6.45, 7) is 5.93. The van der Waals surface area contributed by atoms with Gasteiger partial charge in [-0.05, 0) is 45.7 Å². The zero-order valence-electron chi connectivity index (χ0n) is 13.7.